The van der Waals surface area contributed by atoms with Gasteiger partial charge in [-0.2, -0.15) is 0 Å². The zero-order valence-electron chi connectivity index (χ0n) is 11.0. The number of nitrogens with zero attached hydrogens (tertiary/aromatic N) is 2. The molecule has 5 heteroatoms. The molecule has 19 heavy (non-hydrogen) atoms. The summed E-state index contributed by atoms with van der Waals surface area (Å²) in [4.78, 5) is 4.16. The maximum absolute atomic E-state index is 6.17. The molecule has 0 unspecified atom stereocenters. The van der Waals surface area contributed by atoms with Gasteiger partial charge in [0.2, 0.25) is 0 Å². The fraction of sp³-hybridized carbons (Fsp3) is 0.357. The van der Waals surface area contributed by atoms with E-state index < -0.39 is 0 Å². The molecule has 0 amide bonds. The van der Waals surface area contributed by atoms with E-state index in [1.165, 1.54) is 0 Å². The second-order valence-corrected chi connectivity index (χ2v) is 4.73. The van der Waals surface area contributed by atoms with Crippen LogP contribution in [0.2, 0.25) is 5.02 Å². The molecule has 102 valence electrons. The van der Waals surface area contributed by atoms with Crippen LogP contribution in [-0.2, 0) is 13.0 Å². The van der Waals surface area contributed by atoms with E-state index in [-0.39, 0.29) is 0 Å². The van der Waals surface area contributed by atoms with E-state index in [4.69, 9.17) is 22.1 Å². The molecule has 0 atom stereocenters. The SMILES string of the molecule is Cc1nccn1CCOc1ccc(CCN)cc1Cl. The maximum Gasteiger partial charge on any atom is 0.137 e. The largest absolute Gasteiger partial charge is 0.490 e. The lowest BCUT2D eigenvalue weighted by atomic mass is 10.1. The first kappa shape index (κ1) is 13.9. The summed E-state index contributed by atoms with van der Waals surface area (Å²) in [6, 6.07) is 5.80. The van der Waals surface area contributed by atoms with E-state index in [1.54, 1.807) is 6.20 Å². The van der Waals surface area contributed by atoms with Crippen LogP contribution in [0.1, 0.15) is 11.4 Å². The van der Waals surface area contributed by atoms with Gasteiger partial charge in [0.05, 0.1) is 11.6 Å². The quantitative estimate of drug-likeness (QED) is 0.883. The minimum absolute atomic E-state index is 0.563. The minimum Gasteiger partial charge on any atom is -0.490 e. The third-order valence-corrected chi connectivity index (χ3v) is 3.24. The molecule has 0 radical (unpaired) electrons. The smallest absolute Gasteiger partial charge is 0.137 e. The molecule has 1 heterocycles. The molecule has 0 aliphatic rings. The molecule has 2 N–H and O–H groups in total. The Kier molecular flexibility index (Phi) is 4.82. The van der Waals surface area contributed by atoms with Crippen molar-refractivity contribution in [3.8, 4) is 5.75 Å². The van der Waals surface area contributed by atoms with Crippen molar-refractivity contribution in [1.29, 1.82) is 0 Å². The van der Waals surface area contributed by atoms with Crippen LogP contribution in [0.3, 0.4) is 0 Å². The average molecular weight is 280 g/mol. The van der Waals surface area contributed by atoms with Gasteiger partial charge in [-0.15, -0.1) is 0 Å². The Morgan fingerprint density at radius 1 is 1.42 bits per heavy atom. The molecule has 2 aromatic rings. The lowest BCUT2D eigenvalue weighted by Crippen LogP contribution is -2.09. The fourth-order valence-electron chi connectivity index (χ4n) is 1.88. The molecule has 0 bridgehead atoms. The van der Waals surface area contributed by atoms with Crippen molar-refractivity contribution in [2.24, 2.45) is 5.73 Å². The molecule has 0 aliphatic carbocycles. The van der Waals surface area contributed by atoms with Gasteiger partial charge in [-0.3, -0.25) is 0 Å². The number of rotatable bonds is 6. The third-order valence-electron chi connectivity index (χ3n) is 2.94. The molecule has 0 saturated carbocycles. The summed E-state index contributed by atoms with van der Waals surface area (Å²) >= 11 is 6.17. The van der Waals surface area contributed by atoms with Crippen LogP contribution < -0.4 is 10.5 Å². The predicted molar refractivity (Wildman–Crippen MR) is 76.7 cm³/mol. The average Bonchev–Trinajstić information content (AvgIpc) is 2.78. The van der Waals surface area contributed by atoms with Crippen molar-refractivity contribution in [1.82, 2.24) is 9.55 Å². The molecule has 0 spiro atoms. The lowest BCUT2D eigenvalue weighted by molar-refractivity contribution is 0.297. The van der Waals surface area contributed by atoms with E-state index in [0.717, 1.165) is 24.4 Å². The summed E-state index contributed by atoms with van der Waals surface area (Å²) in [6.07, 6.45) is 4.54. The molecule has 0 fully saturated rings. The highest BCUT2D eigenvalue weighted by atomic mass is 35.5. The van der Waals surface area contributed by atoms with Crippen LogP contribution in [0.15, 0.2) is 30.6 Å². The number of benzene rings is 1. The highest BCUT2D eigenvalue weighted by Gasteiger charge is 2.03. The molecular weight excluding hydrogens is 262 g/mol. The van der Waals surface area contributed by atoms with E-state index in [9.17, 15) is 0 Å². The van der Waals surface area contributed by atoms with Crippen LogP contribution >= 0.6 is 11.6 Å². The van der Waals surface area contributed by atoms with E-state index in [1.807, 2.05) is 35.9 Å². The summed E-state index contributed by atoms with van der Waals surface area (Å²) in [5.74, 6) is 1.69. The second kappa shape index (κ2) is 6.59. The first-order chi connectivity index (χ1) is 9.20. The Hall–Kier alpha value is -1.52. The molecule has 0 saturated heterocycles. The van der Waals surface area contributed by atoms with Crippen molar-refractivity contribution < 1.29 is 4.74 Å². The lowest BCUT2D eigenvalue weighted by Gasteiger charge is -2.10. The fourth-order valence-corrected chi connectivity index (χ4v) is 2.14. The van der Waals surface area contributed by atoms with Crippen LogP contribution in [0, 0.1) is 6.92 Å². The van der Waals surface area contributed by atoms with Gasteiger partial charge in [-0.1, -0.05) is 17.7 Å². The van der Waals surface area contributed by atoms with Crippen molar-refractivity contribution in [3.63, 3.8) is 0 Å². The molecule has 4 nitrogen and oxygen atoms in total. The summed E-state index contributed by atoms with van der Waals surface area (Å²) < 4.78 is 7.72. The number of imidazole rings is 1. The van der Waals surface area contributed by atoms with Crippen molar-refractivity contribution in [2.45, 2.75) is 19.9 Å². The van der Waals surface area contributed by atoms with Crippen LogP contribution in [0.5, 0.6) is 5.75 Å². The molecule has 2 rings (SSSR count). The van der Waals surface area contributed by atoms with Crippen LogP contribution in [-0.4, -0.2) is 22.7 Å². The zero-order valence-corrected chi connectivity index (χ0v) is 11.7. The van der Waals surface area contributed by atoms with Gasteiger partial charge in [0.15, 0.2) is 0 Å². The summed E-state index contributed by atoms with van der Waals surface area (Å²) in [5, 5.41) is 0.633. The second-order valence-electron chi connectivity index (χ2n) is 4.32. The number of ether oxygens (including phenoxy) is 1. The molecule has 1 aromatic heterocycles. The highest BCUT2D eigenvalue weighted by molar-refractivity contribution is 6.32. The Morgan fingerprint density at radius 2 is 2.26 bits per heavy atom. The van der Waals surface area contributed by atoms with Gasteiger partial charge in [-0.25, -0.2) is 4.98 Å². The van der Waals surface area contributed by atoms with E-state index in [0.29, 0.717) is 23.9 Å². The van der Waals surface area contributed by atoms with Gasteiger partial charge < -0.3 is 15.0 Å². The van der Waals surface area contributed by atoms with E-state index in [2.05, 4.69) is 4.98 Å². The number of aryl methyl sites for hydroxylation is 1. The first-order valence-electron chi connectivity index (χ1n) is 6.29. The number of nitrogens with two attached hydrogens (primary N) is 1. The Balaban J connectivity index is 1.91. The summed E-state index contributed by atoms with van der Waals surface area (Å²) in [6.45, 7) is 3.91. The van der Waals surface area contributed by atoms with E-state index >= 15 is 0 Å². The molecule has 1 aromatic carbocycles. The standard InChI is InChI=1S/C14H18ClN3O/c1-11-17-6-7-18(11)8-9-19-14-3-2-12(4-5-16)10-13(14)15/h2-3,6-7,10H,4-5,8-9,16H2,1H3. The van der Waals surface area contributed by atoms with Gasteiger partial charge in [0.1, 0.15) is 18.2 Å². The zero-order chi connectivity index (χ0) is 13.7. The Bertz CT molecular complexity index is 539. The summed E-state index contributed by atoms with van der Waals surface area (Å²) in [5.41, 5.74) is 6.64. The Labute approximate surface area is 118 Å². The minimum atomic E-state index is 0.563. The maximum atomic E-state index is 6.17. The number of aromatic nitrogens is 2. The molecule has 0 aliphatic heterocycles. The highest BCUT2D eigenvalue weighted by Crippen LogP contribution is 2.25. The van der Waals surface area contributed by atoms with Crippen LogP contribution in [0.4, 0.5) is 0 Å². The van der Waals surface area contributed by atoms with Crippen molar-refractivity contribution in [2.75, 3.05) is 13.2 Å². The predicted octanol–water partition coefficient (Wildman–Crippen LogP) is 2.43. The first-order valence-corrected chi connectivity index (χ1v) is 6.67. The molecular formula is C14H18ClN3O. The topological polar surface area (TPSA) is 53.1 Å². The number of halogens is 1. The van der Waals surface area contributed by atoms with Gasteiger partial charge in [0, 0.05) is 12.4 Å². The van der Waals surface area contributed by atoms with Crippen LogP contribution in [0.25, 0.3) is 0 Å². The third kappa shape index (κ3) is 3.72. The van der Waals surface area contributed by atoms with Crippen molar-refractivity contribution >= 4 is 11.6 Å². The van der Waals surface area contributed by atoms with Gasteiger partial charge in [-0.05, 0) is 37.6 Å². The number of hydrogen-bond acceptors (Lipinski definition) is 3. The normalized spacial score (nSPS) is 10.7. The summed E-state index contributed by atoms with van der Waals surface area (Å²) in [7, 11) is 0. The van der Waals surface area contributed by atoms with Gasteiger partial charge in [0.25, 0.3) is 0 Å². The number of hydrogen-bond donors (Lipinski definition) is 1. The monoisotopic (exact) mass is 279 g/mol. The van der Waals surface area contributed by atoms with Gasteiger partial charge >= 0.3 is 0 Å². The van der Waals surface area contributed by atoms with Crippen molar-refractivity contribution in [3.05, 3.63) is 47.0 Å². The Morgan fingerprint density at radius 3 is 2.89 bits per heavy atom.